The molecule has 1 amide bonds. The van der Waals surface area contributed by atoms with Gasteiger partial charge in [-0.15, -0.1) is 0 Å². The summed E-state index contributed by atoms with van der Waals surface area (Å²) >= 11 is 0. The highest BCUT2D eigenvalue weighted by molar-refractivity contribution is 5.96. The van der Waals surface area contributed by atoms with Gasteiger partial charge in [0.05, 0.1) is 6.04 Å². The molecule has 2 aromatic rings. The maximum absolute atomic E-state index is 12.4. The van der Waals surface area contributed by atoms with Crippen molar-refractivity contribution in [3.63, 3.8) is 0 Å². The molecule has 3 nitrogen and oxygen atoms in total. The van der Waals surface area contributed by atoms with E-state index in [0.29, 0.717) is 6.42 Å². The van der Waals surface area contributed by atoms with Crippen molar-refractivity contribution in [1.29, 1.82) is 0 Å². The Balaban J connectivity index is 1.94. The lowest BCUT2D eigenvalue weighted by atomic mass is 10.0. The molecule has 0 radical (unpaired) electrons. The van der Waals surface area contributed by atoms with E-state index in [1.807, 2.05) is 49.4 Å². The molecule has 1 atom stereocenters. The van der Waals surface area contributed by atoms with Gasteiger partial charge in [0.1, 0.15) is 0 Å². The molecule has 0 aromatic heterocycles. The lowest BCUT2D eigenvalue weighted by Gasteiger charge is -2.21. The molecule has 0 saturated carbocycles. The zero-order valence-electron chi connectivity index (χ0n) is 12.6. The Kier molecular flexibility index (Phi) is 5.12. The summed E-state index contributed by atoms with van der Waals surface area (Å²) in [6, 6.07) is 17.5. The molecular weight excluding hydrogens is 260 g/mol. The molecular formula is C18H22N2O. The molecule has 2 N–H and O–H groups in total. The molecule has 3 heteroatoms. The fourth-order valence-electron chi connectivity index (χ4n) is 2.23. The lowest BCUT2D eigenvalue weighted by Crippen LogP contribution is -2.42. The molecule has 0 fully saturated rings. The molecule has 2 rings (SSSR count). The van der Waals surface area contributed by atoms with Crippen molar-refractivity contribution >= 4 is 11.6 Å². The summed E-state index contributed by atoms with van der Waals surface area (Å²) in [5, 5.41) is 0. The van der Waals surface area contributed by atoms with Gasteiger partial charge < -0.3 is 10.6 Å². The van der Waals surface area contributed by atoms with Gasteiger partial charge in [-0.3, -0.25) is 4.79 Å². The summed E-state index contributed by atoms with van der Waals surface area (Å²) < 4.78 is 0. The van der Waals surface area contributed by atoms with Crippen LogP contribution in [0.5, 0.6) is 0 Å². The summed E-state index contributed by atoms with van der Waals surface area (Å²) in [5.74, 6) is -0.0465. The van der Waals surface area contributed by atoms with E-state index >= 15 is 0 Å². The number of anilines is 1. The van der Waals surface area contributed by atoms with Gasteiger partial charge in [-0.1, -0.05) is 48.0 Å². The number of rotatable bonds is 5. The summed E-state index contributed by atoms with van der Waals surface area (Å²) in [6.45, 7) is 2.02. The highest BCUT2D eigenvalue weighted by Crippen LogP contribution is 2.15. The van der Waals surface area contributed by atoms with E-state index in [1.54, 1.807) is 11.9 Å². The lowest BCUT2D eigenvalue weighted by molar-refractivity contribution is -0.119. The van der Waals surface area contributed by atoms with Crippen LogP contribution in [0, 0.1) is 6.92 Å². The first-order valence-corrected chi connectivity index (χ1v) is 7.21. The van der Waals surface area contributed by atoms with E-state index < -0.39 is 6.04 Å². The average molecular weight is 282 g/mol. The van der Waals surface area contributed by atoms with E-state index in [-0.39, 0.29) is 5.91 Å². The van der Waals surface area contributed by atoms with E-state index in [1.165, 1.54) is 11.1 Å². The second-order valence-electron chi connectivity index (χ2n) is 5.36. The fraction of sp³-hybridized carbons (Fsp3) is 0.278. The van der Waals surface area contributed by atoms with Gasteiger partial charge >= 0.3 is 0 Å². The second kappa shape index (κ2) is 7.04. The minimum Gasteiger partial charge on any atom is -0.320 e. The molecule has 2 aromatic carbocycles. The zero-order valence-corrected chi connectivity index (χ0v) is 12.6. The van der Waals surface area contributed by atoms with Gasteiger partial charge in [0.2, 0.25) is 5.91 Å². The molecule has 0 aliphatic heterocycles. The summed E-state index contributed by atoms with van der Waals surface area (Å²) in [4.78, 5) is 14.0. The normalized spacial score (nSPS) is 12.0. The van der Waals surface area contributed by atoms with Crippen molar-refractivity contribution in [2.75, 3.05) is 11.9 Å². The van der Waals surface area contributed by atoms with Crippen LogP contribution < -0.4 is 10.6 Å². The maximum atomic E-state index is 12.4. The number of likely N-dealkylation sites (N-methyl/N-ethyl adjacent to an activating group) is 1. The van der Waals surface area contributed by atoms with Crippen molar-refractivity contribution in [3.8, 4) is 0 Å². The number of amides is 1. The Morgan fingerprint density at radius 3 is 2.33 bits per heavy atom. The first-order valence-electron chi connectivity index (χ1n) is 7.21. The Hall–Kier alpha value is -2.13. The Morgan fingerprint density at radius 1 is 1.10 bits per heavy atom. The van der Waals surface area contributed by atoms with Gasteiger partial charge in [-0.2, -0.15) is 0 Å². The van der Waals surface area contributed by atoms with Crippen LogP contribution in [-0.4, -0.2) is 19.0 Å². The van der Waals surface area contributed by atoms with E-state index in [4.69, 9.17) is 5.73 Å². The number of benzene rings is 2. The van der Waals surface area contributed by atoms with E-state index in [9.17, 15) is 4.79 Å². The monoisotopic (exact) mass is 282 g/mol. The number of hydrogen-bond acceptors (Lipinski definition) is 2. The van der Waals surface area contributed by atoms with Crippen LogP contribution in [0.3, 0.4) is 0 Å². The summed E-state index contributed by atoms with van der Waals surface area (Å²) in [7, 11) is 1.77. The number of carbonyl (C=O) groups is 1. The van der Waals surface area contributed by atoms with Crippen molar-refractivity contribution < 1.29 is 4.79 Å². The van der Waals surface area contributed by atoms with Crippen LogP contribution in [0.25, 0.3) is 0 Å². The number of aryl methyl sites for hydroxylation is 2. The predicted octanol–water partition coefficient (Wildman–Crippen LogP) is 2.92. The number of hydrogen-bond donors (Lipinski definition) is 1. The Labute approximate surface area is 126 Å². The van der Waals surface area contributed by atoms with Crippen LogP contribution >= 0.6 is 0 Å². The van der Waals surface area contributed by atoms with Crippen LogP contribution in [0.1, 0.15) is 17.5 Å². The molecule has 21 heavy (non-hydrogen) atoms. The van der Waals surface area contributed by atoms with Gasteiger partial charge in [-0.25, -0.2) is 0 Å². The highest BCUT2D eigenvalue weighted by Gasteiger charge is 2.18. The van der Waals surface area contributed by atoms with Gasteiger partial charge in [-0.05, 0) is 37.5 Å². The van der Waals surface area contributed by atoms with Crippen LogP contribution in [0.4, 0.5) is 5.69 Å². The average Bonchev–Trinajstić information content (AvgIpc) is 2.53. The van der Waals surface area contributed by atoms with Crippen LogP contribution in [0.2, 0.25) is 0 Å². The molecule has 0 spiro atoms. The molecule has 0 unspecified atom stereocenters. The van der Waals surface area contributed by atoms with Crippen molar-refractivity contribution in [2.24, 2.45) is 5.73 Å². The minimum atomic E-state index is -0.475. The molecule has 0 bridgehead atoms. The number of carbonyl (C=O) groups excluding carboxylic acids is 1. The minimum absolute atomic E-state index is 0.0465. The third-order valence-electron chi connectivity index (χ3n) is 3.66. The smallest absolute Gasteiger partial charge is 0.243 e. The standard InChI is InChI=1S/C18H22N2O/c1-14-8-11-16(12-9-14)20(2)18(21)17(19)13-10-15-6-4-3-5-7-15/h3-9,11-12,17H,10,13,19H2,1-2H3/t17-/m0/s1. The first kappa shape index (κ1) is 15.3. The summed E-state index contributed by atoms with van der Waals surface area (Å²) in [5.41, 5.74) is 9.30. The molecule has 0 heterocycles. The van der Waals surface area contributed by atoms with Crippen molar-refractivity contribution in [1.82, 2.24) is 0 Å². The maximum Gasteiger partial charge on any atom is 0.243 e. The topological polar surface area (TPSA) is 46.3 Å². The highest BCUT2D eigenvalue weighted by atomic mass is 16.2. The quantitative estimate of drug-likeness (QED) is 0.916. The largest absolute Gasteiger partial charge is 0.320 e. The summed E-state index contributed by atoms with van der Waals surface area (Å²) in [6.07, 6.45) is 1.47. The van der Waals surface area contributed by atoms with Crippen LogP contribution in [0.15, 0.2) is 54.6 Å². The third kappa shape index (κ3) is 4.17. The number of nitrogens with zero attached hydrogens (tertiary/aromatic N) is 1. The fourth-order valence-corrected chi connectivity index (χ4v) is 2.23. The molecule has 0 saturated heterocycles. The first-order chi connectivity index (χ1) is 10.1. The van der Waals surface area contributed by atoms with Crippen molar-refractivity contribution in [3.05, 3.63) is 65.7 Å². The Bertz CT molecular complexity index is 578. The van der Waals surface area contributed by atoms with Gasteiger partial charge in [0.25, 0.3) is 0 Å². The third-order valence-corrected chi connectivity index (χ3v) is 3.66. The molecule has 110 valence electrons. The zero-order chi connectivity index (χ0) is 15.2. The predicted molar refractivity (Wildman–Crippen MR) is 87.3 cm³/mol. The SMILES string of the molecule is Cc1ccc(N(C)C(=O)[C@@H](N)CCc2ccccc2)cc1. The van der Waals surface area contributed by atoms with E-state index in [2.05, 4.69) is 12.1 Å². The van der Waals surface area contributed by atoms with Gasteiger partial charge in [0.15, 0.2) is 0 Å². The molecule has 0 aliphatic rings. The van der Waals surface area contributed by atoms with Crippen LogP contribution in [-0.2, 0) is 11.2 Å². The van der Waals surface area contributed by atoms with Crippen molar-refractivity contribution in [2.45, 2.75) is 25.8 Å². The number of nitrogens with two attached hydrogens (primary N) is 1. The molecule has 0 aliphatic carbocycles. The Morgan fingerprint density at radius 2 is 1.71 bits per heavy atom. The second-order valence-corrected chi connectivity index (χ2v) is 5.36. The van der Waals surface area contributed by atoms with Gasteiger partial charge in [0, 0.05) is 12.7 Å². The van der Waals surface area contributed by atoms with E-state index in [0.717, 1.165) is 12.1 Å².